The van der Waals surface area contributed by atoms with Gasteiger partial charge in [-0.1, -0.05) is 18.9 Å². The predicted molar refractivity (Wildman–Crippen MR) is 149 cm³/mol. The molecule has 1 unspecified atom stereocenters. The van der Waals surface area contributed by atoms with Crippen molar-refractivity contribution in [3.63, 3.8) is 0 Å². The van der Waals surface area contributed by atoms with Gasteiger partial charge in [0.2, 0.25) is 5.91 Å². The van der Waals surface area contributed by atoms with E-state index in [0.29, 0.717) is 37.4 Å². The number of aromatic nitrogens is 3. The molecule has 1 aliphatic rings. The average molecular weight is 596 g/mol. The second-order valence-corrected chi connectivity index (χ2v) is 9.54. The number of hydrogen-bond acceptors (Lipinski definition) is 9. The fraction of sp³-hybridized carbons (Fsp3) is 0.310. The van der Waals surface area contributed by atoms with Crippen molar-refractivity contribution in [2.45, 2.75) is 32.8 Å². The van der Waals surface area contributed by atoms with Crippen LogP contribution >= 0.6 is 0 Å². The molecule has 1 aliphatic heterocycles. The van der Waals surface area contributed by atoms with Gasteiger partial charge in [-0.25, -0.2) is 4.98 Å². The number of piperazine rings is 1. The predicted octanol–water partition coefficient (Wildman–Crippen LogP) is 3.14. The molecule has 0 aliphatic carbocycles. The third-order valence-corrected chi connectivity index (χ3v) is 6.54. The van der Waals surface area contributed by atoms with Crippen LogP contribution in [0.25, 0.3) is 0 Å². The molecule has 0 bridgehead atoms. The normalized spacial score (nSPS) is 15.6. The molecule has 0 radical (unpaired) electrons. The first kappa shape index (κ1) is 31.1. The van der Waals surface area contributed by atoms with Crippen molar-refractivity contribution in [1.29, 1.82) is 0 Å². The molecule has 3 heterocycles. The fourth-order valence-electron chi connectivity index (χ4n) is 4.39. The number of carbonyl (C=O) groups is 3. The van der Waals surface area contributed by atoms with Crippen LogP contribution in [-0.4, -0.2) is 75.7 Å². The largest absolute Gasteiger partial charge is 0.447 e. The molecule has 2 aromatic heterocycles. The fourth-order valence-corrected chi connectivity index (χ4v) is 4.39. The number of ether oxygens (including phenoxy) is 1. The van der Waals surface area contributed by atoms with Crippen LogP contribution in [-0.2, 0) is 27.0 Å². The number of rotatable bonds is 8. The number of alkyl halides is 3. The van der Waals surface area contributed by atoms with E-state index in [4.69, 9.17) is 4.74 Å². The van der Waals surface area contributed by atoms with Crippen LogP contribution in [0.3, 0.4) is 0 Å². The quantitative estimate of drug-likeness (QED) is 0.298. The maximum atomic E-state index is 14.1. The maximum Gasteiger partial charge on any atom is 0.416 e. The first-order chi connectivity index (χ1) is 20.5. The molecule has 0 saturated carbocycles. The molecule has 224 valence electrons. The van der Waals surface area contributed by atoms with E-state index in [1.807, 2.05) is 11.8 Å². The van der Waals surface area contributed by atoms with E-state index in [0.717, 1.165) is 12.6 Å². The number of pyridine rings is 1. The topological polar surface area (TPSA) is 130 Å². The highest BCUT2D eigenvalue weighted by Crippen LogP contribution is 2.34. The molecule has 2 amide bonds. The standard InChI is InChI=1S/C29H28F3N7O4/c1-3-38-12-13-39(27(17-38)43-18-40)16-22-6-5-21(15-24(22)29(30,31)32)28(42)35-26-14-20(10-11-33-26)4-7-23-8-9-25(37-36-23)34-19(2)41/h5-6,8-11,14-15,18,27H,3,12-13,16-17H2,1-2H3,(H,33,35,42)(H,34,37,41). The summed E-state index contributed by atoms with van der Waals surface area (Å²) in [6, 6.07) is 9.53. The number of amides is 2. The molecule has 1 aromatic carbocycles. The monoisotopic (exact) mass is 595 g/mol. The Morgan fingerprint density at radius 3 is 2.56 bits per heavy atom. The van der Waals surface area contributed by atoms with Crippen molar-refractivity contribution in [1.82, 2.24) is 25.0 Å². The van der Waals surface area contributed by atoms with E-state index in [9.17, 15) is 27.6 Å². The summed E-state index contributed by atoms with van der Waals surface area (Å²) in [7, 11) is 0. The zero-order valence-corrected chi connectivity index (χ0v) is 23.3. The summed E-state index contributed by atoms with van der Waals surface area (Å²) in [5.74, 6) is 4.94. The summed E-state index contributed by atoms with van der Waals surface area (Å²) in [5, 5.41) is 12.8. The molecule has 4 rings (SSSR count). The van der Waals surface area contributed by atoms with Crippen molar-refractivity contribution < 1.29 is 32.3 Å². The van der Waals surface area contributed by atoms with Crippen LogP contribution in [0.5, 0.6) is 0 Å². The Labute approximate surface area is 245 Å². The number of likely N-dealkylation sites (N-methyl/N-ethyl adjacent to an activating group) is 1. The molecule has 43 heavy (non-hydrogen) atoms. The Kier molecular flexibility index (Phi) is 10.0. The highest BCUT2D eigenvalue weighted by molar-refractivity contribution is 6.04. The first-order valence-corrected chi connectivity index (χ1v) is 13.2. The van der Waals surface area contributed by atoms with Gasteiger partial charge in [0.1, 0.15) is 11.5 Å². The Morgan fingerprint density at radius 1 is 1.07 bits per heavy atom. The Balaban J connectivity index is 1.48. The van der Waals surface area contributed by atoms with E-state index >= 15 is 0 Å². The van der Waals surface area contributed by atoms with E-state index in [1.54, 1.807) is 23.1 Å². The molecule has 0 spiro atoms. The van der Waals surface area contributed by atoms with Gasteiger partial charge in [-0.05, 0) is 54.4 Å². The summed E-state index contributed by atoms with van der Waals surface area (Å²) in [6.07, 6.45) is -4.02. The molecule has 1 atom stereocenters. The number of benzene rings is 1. The van der Waals surface area contributed by atoms with Crippen molar-refractivity contribution in [3.05, 3.63) is 76.6 Å². The summed E-state index contributed by atoms with van der Waals surface area (Å²) in [6.45, 7) is 5.60. The van der Waals surface area contributed by atoms with Gasteiger partial charge in [0.15, 0.2) is 12.0 Å². The van der Waals surface area contributed by atoms with Crippen LogP contribution < -0.4 is 10.6 Å². The summed E-state index contributed by atoms with van der Waals surface area (Å²) in [5.41, 5.74) is -0.425. The highest BCUT2D eigenvalue weighted by atomic mass is 19.4. The SMILES string of the molecule is CCN1CCN(Cc2ccc(C(=O)Nc3cc(C#Cc4ccc(NC(C)=O)nn4)ccn3)cc2C(F)(F)F)C(OC=O)C1. The molecule has 3 aromatic rings. The van der Waals surface area contributed by atoms with E-state index < -0.39 is 23.9 Å². The van der Waals surface area contributed by atoms with E-state index in [1.165, 1.54) is 31.3 Å². The minimum Gasteiger partial charge on any atom is -0.447 e. The Bertz CT molecular complexity index is 1540. The average Bonchev–Trinajstić information content (AvgIpc) is 2.97. The van der Waals surface area contributed by atoms with Gasteiger partial charge in [0, 0.05) is 50.4 Å². The molecular weight excluding hydrogens is 567 g/mol. The third-order valence-electron chi connectivity index (χ3n) is 6.54. The summed E-state index contributed by atoms with van der Waals surface area (Å²) in [4.78, 5) is 42.8. The highest BCUT2D eigenvalue weighted by Gasteiger charge is 2.36. The van der Waals surface area contributed by atoms with E-state index in [-0.39, 0.29) is 35.2 Å². The number of anilines is 2. The van der Waals surface area contributed by atoms with Crippen LogP contribution in [0, 0.1) is 11.8 Å². The Morgan fingerprint density at radius 2 is 1.88 bits per heavy atom. The van der Waals surface area contributed by atoms with Crippen molar-refractivity contribution >= 4 is 29.9 Å². The molecule has 2 N–H and O–H groups in total. The minimum atomic E-state index is -4.73. The molecular formula is C29H28F3N7O4. The lowest BCUT2D eigenvalue weighted by Crippen LogP contribution is -2.53. The minimum absolute atomic E-state index is 0.0444. The van der Waals surface area contributed by atoms with Gasteiger partial charge in [-0.15, -0.1) is 10.2 Å². The van der Waals surface area contributed by atoms with Crippen LogP contribution in [0.4, 0.5) is 24.8 Å². The number of halogens is 3. The van der Waals surface area contributed by atoms with Gasteiger partial charge < -0.3 is 15.4 Å². The summed E-state index contributed by atoms with van der Waals surface area (Å²) < 4.78 is 47.4. The molecule has 14 heteroatoms. The van der Waals surface area contributed by atoms with Gasteiger partial charge >= 0.3 is 6.18 Å². The van der Waals surface area contributed by atoms with Crippen molar-refractivity contribution in [2.75, 3.05) is 36.8 Å². The van der Waals surface area contributed by atoms with Crippen LogP contribution in [0.2, 0.25) is 0 Å². The molecule has 11 nitrogen and oxygen atoms in total. The zero-order valence-electron chi connectivity index (χ0n) is 23.3. The van der Waals surface area contributed by atoms with Crippen LogP contribution in [0.1, 0.15) is 46.6 Å². The number of hydrogen-bond donors (Lipinski definition) is 2. The van der Waals surface area contributed by atoms with Gasteiger partial charge in [0.05, 0.1) is 5.56 Å². The van der Waals surface area contributed by atoms with E-state index in [2.05, 4.69) is 37.7 Å². The number of nitrogens with one attached hydrogen (secondary N) is 2. The van der Waals surface area contributed by atoms with Gasteiger partial charge in [0.25, 0.3) is 12.4 Å². The van der Waals surface area contributed by atoms with Gasteiger partial charge in [-0.2, -0.15) is 13.2 Å². The lowest BCUT2D eigenvalue weighted by molar-refractivity contribution is -0.152. The second kappa shape index (κ2) is 13.9. The Hall–Kier alpha value is -4.87. The zero-order chi connectivity index (χ0) is 31.0. The van der Waals surface area contributed by atoms with Crippen LogP contribution in [0.15, 0.2) is 48.7 Å². The first-order valence-electron chi connectivity index (χ1n) is 13.2. The lowest BCUT2D eigenvalue weighted by Gasteiger charge is -2.39. The number of carbonyl (C=O) groups excluding carboxylic acids is 3. The smallest absolute Gasteiger partial charge is 0.416 e. The lowest BCUT2D eigenvalue weighted by atomic mass is 10.0. The summed E-state index contributed by atoms with van der Waals surface area (Å²) >= 11 is 0. The second-order valence-electron chi connectivity index (χ2n) is 9.54. The van der Waals surface area contributed by atoms with Crippen molar-refractivity contribution in [3.8, 4) is 11.8 Å². The number of nitrogens with zero attached hydrogens (tertiary/aromatic N) is 5. The molecule has 1 saturated heterocycles. The maximum absolute atomic E-state index is 14.1. The van der Waals surface area contributed by atoms with Gasteiger partial charge in [-0.3, -0.25) is 24.2 Å². The van der Waals surface area contributed by atoms with Crippen molar-refractivity contribution in [2.24, 2.45) is 0 Å². The third kappa shape index (κ3) is 8.57. The molecule has 1 fully saturated rings.